The molecule has 0 saturated heterocycles. The van der Waals surface area contributed by atoms with Crippen LogP contribution in [0.15, 0.2) is 54.2 Å². The minimum Gasteiger partial charge on any atom is -0.467 e. The molecule has 0 spiro atoms. The third-order valence-corrected chi connectivity index (χ3v) is 4.59. The van der Waals surface area contributed by atoms with Crippen molar-refractivity contribution >= 4 is 29.4 Å². The lowest BCUT2D eigenvalue weighted by Crippen LogP contribution is -2.09. The van der Waals surface area contributed by atoms with Crippen LogP contribution in [0, 0.1) is 0 Å². The van der Waals surface area contributed by atoms with E-state index >= 15 is 0 Å². The topological polar surface area (TPSA) is 52.1 Å². The summed E-state index contributed by atoms with van der Waals surface area (Å²) in [5.41, 5.74) is 4.66. The highest BCUT2D eigenvalue weighted by Gasteiger charge is 2.22. The molecule has 1 unspecified atom stereocenters. The van der Waals surface area contributed by atoms with Gasteiger partial charge >= 0.3 is 0 Å². The summed E-state index contributed by atoms with van der Waals surface area (Å²) in [4.78, 5) is 20.2. The molecule has 0 bridgehead atoms. The lowest BCUT2D eigenvalue weighted by molar-refractivity contribution is -0.128. The zero-order valence-electron chi connectivity index (χ0n) is 12.1. The van der Waals surface area contributed by atoms with Gasteiger partial charge in [-0.15, -0.1) is 11.3 Å². The highest BCUT2D eigenvalue weighted by Crippen LogP contribution is 2.36. The third kappa shape index (κ3) is 3.57. The average molecular weight is 345 g/mol. The molecule has 0 radical (unpaired) electrons. The van der Waals surface area contributed by atoms with E-state index < -0.39 is 0 Å². The predicted molar refractivity (Wildman–Crippen MR) is 90.7 cm³/mol. The molecule has 0 amide bonds. The van der Waals surface area contributed by atoms with Gasteiger partial charge in [0, 0.05) is 16.6 Å². The standard InChI is InChI=1S/C17H13ClN2O2S/c18-15-8-13(6-7-19-15)14(9-22-11-21)17-16(20-10-23-17)12-4-2-1-3-5-12/h1-8,10-11,14H,9H2. The molecule has 3 rings (SSSR count). The summed E-state index contributed by atoms with van der Waals surface area (Å²) >= 11 is 7.54. The van der Waals surface area contributed by atoms with E-state index in [0.29, 0.717) is 11.6 Å². The van der Waals surface area contributed by atoms with Gasteiger partial charge in [0.15, 0.2) is 0 Å². The van der Waals surface area contributed by atoms with Gasteiger partial charge in [-0.05, 0) is 17.7 Å². The van der Waals surface area contributed by atoms with E-state index in [-0.39, 0.29) is 12.5 Å². The van der Waals surface area contributed by atoms with Gasteiger partial charge in [-0.2, -0.15) is 0 Å². The van der Waals surface area contributed by atoms with Gasteiger partial charge < -0.3 is 4.74 Å². The van der Waals surface area contributed by atoms with Gasteiger partial charge in [-0.25, -0.2) is 9.97 Å². The summed E-state index contributed by atoms with van der Waals surface area (Å²) in [6.07, 6.45) is 1.65. The maximum Gasteiger partial charge on any atom is 0.293 e. The largest absolute Gasteiger partial charge is 0.467 e. The fourth-order valence-corrected chi connectivity index (χ4v) is 3.51. The SMILES string of the molecule is O=COCC(c1ccnc(Cl)c1)c1scnc1-c1ccccc1. The number of aromatic nitrogens is 2. The van der Waals surface area contributed by atoms with Crippen LogP contribution in [-0.4, -0.2) is 23.0 Å². The lowest BCUT2D eigenvalue weighted by Gasteiger charge is -2.16. The molecule has 1 aromatic carbocycles. The Labute approximate surface area is 142 Å². The Bertz CT molecular complexity index is 792. The zero-order chi connectivity index (χ0) is 16.1. The van der Waals surface area contributed by atoms with Crippen molar-refractivity contribution in [1.29, 1.82) is 0 Å². The van der Waals surface area contributed by atoms with Gasteiger partial charge in [-0.1, -0.05) is 41.9 Å². The number of rotatable bonds is 6. The van der Waals surface area contributed by atoms with E-state index in [1.165, 1.54) is 11.3 Å². The Hall–Kier alpha value is -2.24. The van der Waals surface area contributed by atoms with E-state index in [9.17, 15) is 4.79 Å². The minimum absolute atomic E-state index is 0.136. The summed E-state index contributed by atoms with van der Waals surface area (Å²) in [6, 6.07) is 13.6. The predicted octanol–water partition coefficient (Wildman–Crippen LogP) is 4.16. The van der Waals surface area contributed by atoms with Crippen molar-refractivity contribution in [3.8, 4) is 11.3 Å². The first-order valence-electron chi connectivity index (χ1n) is 6.95. The third-order valence-electron chi connectivity index (χ3n) is 3.44. The zero-order valence-corrected chi connectivity index (χ0v) is 13.6. The molecule has 0 N–H and O–H groups in total. The molecule has 0 aliphatic carbocycles. The van der Waals surface area contributed by atoms with Crippen LogP contribution in [0.1, 0.15) is 16.4 Å². The molecule has 4 nitrogen and oxygen atoms in total. The van der Waals surface area contributed by atoms with E-state index in [1.54, 1.807) is 17.8 Å². The summed E-state index contributed by atoms with van der Waals surface area (Å²) in [5, 5.41) is 0.407. The quantitative estimate of drug-likeness (QED) is 0.497. The monoisotopic (exact) mass is 344 g/mol. The number of nitrogens with zero attached hydrogens (tertiary/aromatic N) is 2. The number of ether oxygens (including phenoxy) is 1. The molecule has 0 aliphatic heterocycles. The second-order valence-corrected chi connectivity index (χ2v) is 6.10. The molecule has 2 heterocycles. The second kappa shape index (κ2) is 7.35. The Kier molecular flexibility index (Phi) is 5.00. The van der Waals surface area contributed by atoms with Gasteiger partial charge in [0.05, 0.1) is 17.1 Å². The molecule has 116 valence electrons. The number of carbonyl (C=O) groups is 1. The normalized spacial score (nSPS) is 11.9. The van der Waals surface area contributed by atoms with Gasteiger partial charge in [0.1, 0.15) is 11.8 Å². The molecule has 0 fully saturated rings. The van der Waals surface area contributed by atoms with E-state index in [0.717, 1.165) is 21.7 Å². The minimum atomic E-state index is -0.136. The highest BCUT2D eigenvalue weighted by molar-refractivity contribution is 7.10. The Morgan fingerprint density at radius 3 is 2.78 bits per heavy atom. The molecule has 0 aliphatic rings. The lowest BCUT2D eigenvalue weighted by atomic mass is 9.96. The number of thiazole rings is 1. The molecular weight excluding hydrogens is 332 g/mol. The van der Waals surface area contributed by atoms with Crippen molar-refractivity contribution < 1.29 is 9.53 Å². The van der Waals surface area contributed by atoms with Crippen LogP contribution in [-0.2, 0) is 9.53 Å². The first-order chi connectivity index (χ1) is 11.3. The first-order valence-corrected chi connectivity index (χ1v) is 8.21. The summed E-state index contributed by atoms with van der Waals surface area (Å²) in [7, 11) is 0. The molecule has 3 aromatic rings. The van der Waals surface area contributed by atoms with Crippen LogP contribution in [0.2, 0.25) is 5.15 Å². The summed E-state index contributed by atoms with van der Waals surface area (Å²) in [6.45, 7) is 0.685. The molecule has 6 heteroatoms. The molecule has 0 saturated carbocycles. The van der Waals surface area contributed by atoms with Gasteiger partial charge in [0.2, 0.25) is 0 Å². The number of hydrogen-bond donors (Lipinski definition) is 0. The number of halogens is 1. The van der Waals surface area contributed by atoms with Crippen LogP contribution >= 0.6 is 22.9 Å². The van der Waals surface area contributed by atoms with Crippen molar-refractivity contribution in [2.75, 3.05) is 6.61 Å². The number of carbonyl (C=O) groups excluding carboxylic acids is 1. The maximum atomic E-state index is 10.7. The van der Waals surface area contributed by atoms with E-state index in [1.807, 2.05) is 36.4 Å². The average Bonchev–Trinajstić information content (AvgIpc) is 3.06. The number of benzene rings is 1. The van der Waals surface area contributed by atoms with Crippen LogP contribution in [0.3, 0.4) is 0 Å². The smallest absolute Gasteiger partial charge is 0.293 e. The van der Waals surface area contributed by atoms with Crippen LogP contribution in [0.4, 0.5) is 0 Å². The number of hydrogen-bond acceptors (Lipinski definition) is 5. The summed E-state index contributed by atoms with van der Waals surface area (Å²) in [5.74, 6) is -0.136. The van der Waals surface area contributed by atoms with Crippen LogP contribution in [0.5, 0.6) is 0 Å². The van der Waals surface area contributed by atoms with Crippen molar-refractivity contribution in [3.05, 3.63) is 69.8 Å². The van der Waals surface area contributed by atoms with Crippen molar-refractivity contribution in [2.45, 2.75) is 5.92 Å². The Morgan fingerprint density at radius 2 is 2.04 bits per heavy atom. The highest BCUT2D eigenvalue weighted by atomic mass is 35.5. The van der Waals surface area contributed by atoms with Gasteiger partial charge in [0.25, 0.3) is 6.47 Å². The van der Waals surface area contributed by atoms with E-state index in [2.05, 4.69) is 9.97 Å². The first kappa shape index (κ1) is 15.6. The van der Waals surface area contributed by atoms with Crippen LogP contribution < -0.4 is 0 Å². The van der Waals surface area contributed by atoms with Crippen molar-refractivity contribution in [2.24, 2.45) is 0 Å². The molecule has 1 atom stereocenters. The molecule has 23 heavy (non-hydrogen) atoms. The molecule has 2 aromatic heterocycles. The Balaban J connectivity index is 2.04. The Morgan fingerprint density at radius 1 is 1.22 bits per heavy atom. The molecular formula is C17H13ClN2O2S. The van der Waals surface area contributed by atoms with Crippen LogP contribution in [0.25, 0.3) is 11.3 Å². The fraction of sp³-hybridized carbons (Fsp3) is 0.118. The maximum absolute atomic E-state index is 10.7. The number of pyridine rings is 1. The van der Waals surface area contributed by atoms with E-state index in [4.69, 9.17) is 16.3 Å². The van der Waals surface area contributed by atoms with Gasteiger partial charge in [-0.3, -0.25) is 4.79 Å². The summed E-state index contributed by atoms with van der Waals surface area (Å²) < 4.78 is 5.04. The fourth-order valence-electron chi connectivity index (χ4n) is 2.41. The second-order valence-electron chi connectivity index (χ2n) is 4.83. The van der Waals surface area contributed by atoms with Crippen molar-refractivity contribution in [3.63, 3.8) is 0 Å². The van der Waals surface area contributed by atoms with Crippen molar-refractivity contribution in [1.82, 2.24) is 9.97 Å².